The Balaban J connectivity index is 1.47. The van der Waals surface area contributed by atoms with E-state index in [0.29, 0.717) is 23.7 Å². The third-order valence-corrected chi connectivity index (χ3v) is 4.13. The van der Waals surface area contributed by atoms with Gasteiger partial charge >= 0.3 is 6.03 Å². The molecule has 0 saturated carbocycles. The van der Waals surface area contributed by atoms with Gasteiger partial charge in [-0.25, -0.2) is 4.79 Å². The maximum atomic E-state index is 12.0. The van der Waals surface area contributed by atoms with Gasteiger partial charge in [0, 0.05) is 37.6 Å². The minimum atomic E-state index is -0.460. The average molecular weight is 372 g/mol. The van der Waals surface area contributed by atoms with Gasteiger partial charge in [-0.2, -0.15) is 0 Å². The molecule has 142 valence electrons. The molecule has 1 aromatic carbocycles. The molecule has 0 bridgehead atoms. The van der Waals surface area contributed by atoms with Crippen molar-refractivity contribution in [1.82, 2.24) is 20.7 Å². The first-order valence-corrected chi connectivity index (χ1v) is 8.50. The molecule has 0 atom stereocenters. The van der Waals surface area contributed by atoms with Crippen LogP contribution in [-0.2, 0) is 16.1 Å². The van der Waals surface area contributed by atoms with Crippen LogP contribution in [0.4, 0.5) is 4.79 Å². The van der Waals surface area contributed by atoms with Crippen LogP contribution in [0.3, 0.4) is 0 Å². The highest BCUT2D eigenvalue weighted by atomic mass is 16.5. The number of methoxy groups -OCH3 is 1. The summed E-state index contributed by atoms with van der Waals surface area (Å²) < 4.78 is 10.5. The number of benzene rings is 1. The molecule has 27 heavy (non-hydrogen) atoms. The molecule has 9 heteroatoms. The highest BCUT2D eigenvalue weighted by Gasteiger charge is 2.23. The Bertz CT molecular complexity index is 848. The van der Waals surface area contributed by atoms with E-state index in [2.05, 4.69) is 15.8 Å². The van der Waals surface area contributed by atoms with Crippen LogP contribution < -0.4 is 15.4 Å². The molecular formula is C18H20N4O5. The zero-order valence-electron chi connectivity index (χ0n) is 14.9. The Labute approximate surface area is 155 Å². The highest BCUT2D eigenvalue weighted by Crippen LogP contribution is 2.24. The number of nitrogens with zero attached hydrogens (tertiary/aromatic N) is 2. The Hall–Kier alpha value is -3.36. The predicted octanol–water partition coefficient (Wildman–Crippen LogP) is 1.30. The largest absolute Gasteiger partial charge is 0.497 e. The predicted molar refractivity (Wildman–Crippen MR) is 94.7 cm³/mol. The van der Waals surface area contributed by atoms with E-state index in [-0.39, 0.29) is 37.7 Å². The van der Waals surface area contributed by atoms with E-state index in [1.165, 1.54) is 4.90 Å². The molecule has 0 aliphatic carbocycles. The topological polar surface area (TPSA) is 114 Å². The number of nitrogens with one attached hydrogen (secondary N) is 2. The quantitative estimate of drug-likeness (QED) is 0.757. The lowest BCUT2D eigenvalue weighted by atomic mass is 10.1. The third kappa shape index (κ3) is 4.84. The van der Waals surface area contributed by atoms with Crippen molar-refractivity contribution >= 4 is 17.8 Å². The van der Waals surface area contributed by atoms with Crippen molar-refractivity contribution in [3.8, 4) is 17.1 Å². The van der Waals surface area contributed by atoms with E-state index in [0.717, 1.165) is 5.56 Å². The van der Waals surface area contributed by atoms with Gasteiger partial charge in [-0.1, -0.05) is 17.3 Å². The Morgan fingerprint density at radius 2 is 2.22 bits per heavy atom. The third-order valence-electron chi connectivity index (χ3n) is 4.13. The van der Waals surface area contributed by atoms with Gasteiger partial charge in [0.1, 0.15) is 11.4 Å². The van der Waals surface area contributed by atoms with Crippen LogP contribution in [-0.4, -0.2) is 48.1 Å². The molecule has 1 aliphatic heterocycles. The number of urea groups is 1. The van der Waals surface area contributed by atoms with Crippen LogP contribution in [0.1, 0.15) is 18.5 Å². The first-order valence-electron chi connectivity index (χ1n) is 8.50. The molecule has 3 rings (SSSR count). The van der Waals surface area contributed by atoms with Crippen LogP contribution in [0.25, 0.3) is 11.3 Å². The van der Waals surface area contributed by atoms with Crippen LogP contribution in [0, 0.1) is 0 Å². The van der Waals surface area contributed by atoms with Crippen molar-refractivity contribution in [2.24, 2.45) is 0 Å². The van der Waals surface area contributed by atoms with Crippen molar-refractivity contribution in [2.45, 2.75) is 19.4 Å². The summed E-state index contributed by atoms with van der Waals surface area (Å²) in [6.07, 6.45) is 0.390. The molecule has 1 aliphatic rings. The monoisotopic (exact) mass is 372 g/mol. The maximum Gasteiger partial charge on any atom is 0.324 e. The van der Waals surface area contributed by atoms with Crippen molar-refractivity contribution in [3.63, 3.8) is 0 Å². The first-order chi connectivity index (χ1) is 13.0. The molecule has 0 spiro atoms. The van der Waals surface area contributed by atoms with Gasteiger partial charge in [-0.05, 0) is 12.1 Å². The molecule has 2 heterocycles. The number of rotatable bonds is 7. The van der Waals surface area contributed by atoms with Crippen LogP contribution in [0.2, 0.25) is 0 Å². The zero-order chi connectivity index (χ0) is 19.2. The maximum absolute atomic E-state index is 12.0. The minimum Gasteiger partial charge on any atom is -0.497 e. The second-order valence-corrected chi connectivity index (χ2v) is 6.03. The number of amides is 4. The van der Waals surface area contributed by atoms with Crippen molar-refractivity contribution in [2.75, 3.05) is 20.2 Å². The normalized spacial score (nSPS) is 14.0. The summed E-state index contributed by atoms with van der Waals surface area (Å²) in [5, 5.41) is 8.91. The van der Waals surface area contributed by atoms with Gasteiger partial charge in [0.2, 0.25) is 11.8 Å². The fourth-order valence-corrected chi connectivity index (χ4v) is 2.63. The molecule has 1 fully saturated rings. The standard InChI is InChI=1S/C18H20N4O5/c1-26-14-4-2-3-12(9-14)15-10-13(21-27-15)11-19-16(23)5-7-22-8-6-17(24)20-18(22)25/h2-4,9-10H,5-8,11H2,1H3,(H,19,23)(H,20,24,25). The Morgan fingerprint density at radius 3 is 3.00 bits per heavy atom. The fraction of sp³-hybridized carbons (Fsp3) is 0.333. The summed E-state index contributed by atoms with van der Waals surface area (Å²) in [5.41, 5.74) is 1.41. The first kappa shape index (κ1) is 18.4. The van der Waals surface area contributed by atoms with E-state index < -0.39 is 6.03 Å². The van der Waals surface area contributed by atoms with E-state index in [4.69, 9.17) is 9.26 Å². The Morgan fingerprint density at radius 1 is 1.37 bits per heavy atom. The van der Waals surface area contributed by atoms with Crippen molar-refractivity contribution < 1.29 is 23.6 Å². The van der Waals surface area contributed by atoms with E-state index >= 15 is 0 Å². The molecule has 4 amide bonds. The van der Waals surface area contributed by atoms with Gasteiger partial charge in [0.25, 0.3) is 0 Å². The molecule has 1 saturated heterocycles. The molecular weight excluding hydrogens is 352 g/mol. The molecule has 1 aromatic heterocycles. The lowest BCUT2D eigenvalue weighted by Crippen LogP contribution is -2.50. The van der Waals surface area contributed by atoms with Crippen LogP contribution >= 0.6 is 0 Å². The summed E-state index contributed by atoms with van der Waals surface area (Å²) in [7, 11) is 1.59. The zero-order valence-corrected chi connectivity index (χ0v) is 14.9. The van der Waals surface area contributed by atoms with Gasteiger partial charge in [-0.15, -0.1) is 0 Å². The van der Waals surface area contributed by atoms with E-state index in [1.54, 1.807) is 13.2 Å². The number of imide groups is 1. The number of carbonyl (C=O) groups excluding carboxylic acids is 3. The second kappa shape index (κ2) is 8.35. The number of hydrogen-bond donors (Lipinski definition) is 2. The number of hydrogen-bond acceptors (Lipinski definition) is 6. The van der Waals surface area contributed by atoms with Crippen molar-refractivity contribution in [3.05, 3.63) is 36.0 Å². The number of carbonyl (C=O) groups is 3. The molecule has 0 unspecified atom stereocenters. The summed E-state index contributed by atoms with van der Waals surface area (Å²) >= 11 is 0. The lowest BCUT2D eigenvalue weighted by molar-refractivity contribution is -0.121. The summed E-state index contributed by atoms with van der Waals surface area (Å²) in [6, 6.07) is 8.68. The second-order valence-electron chi connectivity index (χ2n) is 6.03. The average Bonchev–Trinajstić information content (AvgIpc) is 3.15. The van der Waals surface area contributed by atoms with Gasteiger partial charge in [-0.3, -0.25) is 14.9 Å². The van der Waals surface area contributed by atoms with E-state index in [1.807, 2.05) is 24.3 Å². The highest BCUT2D eigenvalue weighted by molar-refractivity contribution is 5.96. The summed E-state index contributed by atoms with van der Waals surface area (Å²) in [5.74, 6) is 0.777. The fourth-order valence-electron chi connectivity index (χ4n) is 2.63. The Kier molecular flexibility index (Phi) is 5.70. The van der Waals surface area contributed by atoms with Crippen LogP contribution in [0.5, 0.6) is 5.75 Å². The smallest absolute Gasteiger partial charge is 0.324 e. The minimum absolute atomic E-state index is 0.141. The summed E-state index contributed by atoms with van der Waals surface area (Å²) in [6.45, 7) is 0.793. The number of ether oxygens (including phenoxy) is 1. The molecule has 2 N–H and O–H groups in total. The molecule has 0 radical (unpaired) electrons. The van der Waals surface area contributed by atoms with E-state index in [9.17, 15) is 14.4 Å². The SMILES string of the molecule is COc1cccc(-c2cc(CNC(=O)CCN3CCC(=O)NC3=O)no2)c1. The van der Waals surface area contributed by atoms with Gasteiger partial charge in [0.05, 0.1) is 13.7 Å². The summed E-state index contributed by atoms with van der Waals surface area (Å²) in [4.78, 5) is 36.1. The number of aromatic nitrogens is 1. The van der Waals surface area contributed by atoms with Crippen LogP contribution in [0.15, 0.2) is 34.9 Å². The van der Waals surface area contributed by atoms with Gasteiger partial charge < -0.3 is 19.5 Å². The van der Waals surface area contributed by atoms with Crippen molar-refractivity contribution in [1.29, 1.82) is 0 Å². The lowest BCUT2D eigenvalue weighted by Gasteiger charge is -2.26. The van der Waals surface area contributed by atoms with Gasteiger partial charge in [0.15, 0.2) is 5.76 Å². The molecule has 9 nitrogen and oxygen atoms in total. The molecule has 2 aromatic rings.